The lowest BCUT2D eigenvalue weighted by molar-refractivity contribution is -0.144. The number of nitrogens with zero attached hydrogens (tertiary/aromatic N) is 2. The van der Waals surface area contributed by atoms with Crippen LogP contribution in [0.4, 0.5) is 17.6 Å². The van der Waals surface area contributed by atoms with Gasteiger partial charge in [0.05, 0.1) is 22.9 Å². The predicted octanol–water partition coefficient (Wildman–Crippen LogP) is 5.01. The topological polar surface area (TPSA) is 84.2 Å². The van der Waals surface area contributed by atoms with Gasteiger partial charge in [-0.05, 0) is 36.8 Å². The number of rotatable bonds is 6. The van der Waals surface area contributed by atoms with Crippen molar-refractivity contribution in [3.63, 3.8) is 0 Å². The summed E-state index contributed by atoms with van der Waals surface area (Å²) in [4.78, 5) is 23.9. The van der Waals surface area contributed by atoms with Crippen LogP contribution >= 0.6 is 11.6 Å². The summed E-state index contributed by atoms with van der Waals surface area (Å²) in [5.74, 6) is -3.34. The first-order valence-electron chi connectivity index (χ1n) is 9.59. The fraction of sp³-hybridized carbons (Fsp3) is 0.227. The molecule has 0 saturated heterocycles. The molecule has 174 valence electrons. The minimum atomic E-state index is -4.87. The monoisotopic (exact) mass is 483 g/mol. The van der Waals surface area contributed by atoms with Gasteiger partial charge in [0.25, 0.3) is 5.91 Å². The van der Waals surface area contributed by atoms with Gasteiger partial charge in [-0.3, -0.25) is 9.48 Å². The number of halogens is 5. The number of carboxylic acids is 1. The average molecular weight is 484 g/mol. The van der Waals surface area contributed by atoms with Gasteiger partial charge in [-0.2, -0.15) is 18.3 Å². The second-order valence-corrected chi connectivity index (χ2v) is 7.77. The van der Waals surface area contributed by atoms with E-state index in [0.717, 1.165) is 25.2 Å². The van der Waals surface area contributed by atoms with Gasteiger partial charge in [0.2, 0.25) is 0 Å². The van der Waals surface area contributed by atoms with Crippen LogP contribution in [-0.2, 0) is 19.6 Å². The molecule has 3 aromatic rings. The first kappa shape index (κ1) is 24.2. The molecule has 0 spiro atoms. The van der Waals surface area contributed by atoms with Crippen molar-refractivity contribution < 1.29 is 32.3 Å². The van der Waals surface area contributed by atoms with Crippen LogP contribution in [0, 0.1) is 5.82 Å². The Labute approximate surface area is 190 Å². The van der Waals surface area contributed by atoms with Crippen molar-refractivity contribution in [2.45, 2.75) is 25.6 Å². The molecule has 0 fully saturated rings. The summed E-state index contributed by atoms with van der Waals surface area (Å²) in [7, 11) is 1.08. The van der Waals surface area contributed by atoms with Gasteiger partial charge in [0, 0.05) is 24.1 Å². The molecule has 0 aliphatic rings. The van der Waals surface area contributed by atoms with Crippen molar-refractivity contribution in [2.24, 2.45) is 7.05 Å². The number of nitrogens with one attached hydrogen (secondary N) is 1. The summed E-state index contributed by atoms with van der Waals surface area (Å²) in [6.07, 6.45) is -4.94. The molecule has 2 aromatic carbocycles. The first-order valence-corrected chi connectivity index (χ1v) is 9.97. The quantitative estimate of drug-likeness (QED) is 0.483. The largest absolute Gasteiger partial charge is 0.478 e. The number of aryl methyl sites for hydroxylation is 1. The molecule has 0 aliphatic heterocycles. The van der Waals surface area contributed by atoms with E-state index < -0.39 is 41.2 Å². The van der Waals surface area contributed by atoms with E-state index in [1.807, 2.05) is 0 Å². The molecule has 1 amide bonds. The lowest BCUT2D eigenvalue weighted by Gasteiger charge is -2.17. The van der Waals surface area contributed by atoms with Crippen LogP contribution in [0.15, 0.2) is 42.5 Å². The summed E-state index contributed by atoms with van der Waals surface area (Å²) >= 11 is 5.85. The molecule has 2 N–H and O–H groups in total. The zero-order chi connectivity index (χ0) is 24.5. The maximum absolute atomic E-state index is 14.4. The Morgan fingerprint density at radius 1 is 1.18 bits per heavy atom. The summed E-state index contributed by atoms with van der Waals surface area (Å²) < 4.78 is 56.2. The van der Waals surface area contributed by atoms with E-state index in [9.17, 15) is 27.2 Å². The van der Waals surface area contributed by atoms with Crippen molar-refractivity contribution in [3.05, 3.63) is 86.9 Å². The molecule has 0 saturated carbocycles. The van der Waals surface area contributed by atoms with Crippen LogP contribution < -0.4 is 5.32 Å². The number of alkyl halides is 3. The van der Waals surface area contributed by atoms with Crippen molar-refractivity contribution in [1.29, 1.82) is 0 Å². The molecule has 0 bridgehead atoms. The van der Waals surface area contributed by atoms with Gasteiger partial charge >= 0.3 is 12.1 Å². The molecule has 0 aliphatic carbocycles. The molecule has 1 atom stereocenters. The van der Waals surface area contributed by atoms with Gasteiger partial charge in [-0.15, -0.1) is 0 Å². The fourth-order valence-corrected chi connectivity index (χ4v) is 3.55. The normalized spacial score (nSPS) is 12.5. The molecule has 3 rings (SSSR count). The average Bonchev–Trinajstić information content (AvgIpc) is 3.05. The van der Waals surface area contributed by atoms with Crippen LogP contribution in [0.1, 0.15) is 56.2 Å². The first-order chi connectivity index (χ1) is 15.4. The Morgan fingerprint density at radius 3 is 2.36 bits per heavy atom. The van der Waals surface area contributed by atoms with E-state index in [0.29, 0.717) is 15.3 Å². The molecule has 0 radical (unpaired) electrons. The third kappa shape index (κ3) is 5.33. The number of amides is 1. The van der Waals surface area contributed by atoms with Crippen molar-refractivity contribution in [2.75, 3.05) is 0 Å². The van der Waals surface area contributed by atoms with E-state index in [1.54, 1.807) is 24.3 Å². The highest BCUT2D eigenvalue weighted by molar-refractivity contribution is 6.30. The van der Waals surface area contributed by atoms with E-state index >= 15 is 0 Å². The Morgan fingerprint density at radius 2 is 1.82 bits per heavy atom. The van der Waals surface area contributed by atoms with Crippen LogP contribution in [-0.4, -0.2) is 26.8 Å². The number of hydrogen-bond acceptors (Lipinski definition) is 3. The minimum absolute atomic E-state index is 0.0696. The molecule has 6 nitrogen and oxygen atoms in total. The Hall–Kier alpha value is -3.40. The molecule has 1 heterocycles. The highest BCUT2D eigenvalue weighted by Gasteiger charge is 2.41. The van der Waals surface area contributed by atoms with Crippen molar-refractivity contribution in [3.8, 4) is 0 Å². The summed E-state index contributed by atoms with van der Waals surface area (Å²) in [5.41, 5.74) is -1.81. The van der Waals surface area contributed by atoms with Gasteiger partial charge < -0.3 is 10.4 Å². The van der Waals surface area contributed by atoms with Gasteiger partial charge in [-0.1, -0.05) is 29.8 Å². The van der Waals surface area contributed by atoms with Crippen molar-refractivity contribution in [1.82, 2.24) is 15.1 Å². The van der Waals surface area contributed by atoms with Crippen LogP contribution in [0.3, 0.4) is 0 Å². The van der Waals surface area contributed by atoms with Crippen LogP contribution in [0.2, 0.25) is 5.02 Å². The lowest BCUT2D eigenvalue weighted by atomic mass is 10.0. The van der Waals surface area contributed by atoms with E-state index in [2.05, 4.69) is 10.4 Å². The molecular formula is C22H18ClF4N3O3. The zero-order valence-corrected chi connectivity index (χ0v) is 18.1. The second-order valence-electron chi connectivity index (χ2n) is 7.33. The highest BCUT2D eigenvalue weighted by Crippen LogP contribution is 2.34. The zero-order valence-electron chi connectivity index (χ0n) is 17.4. The molecular weight excluding hydrogens is 466 g/mol. The standard InChI is InChI=1S/C22H18ClF4N3O3/c1-11(15-8-5-13(21(32)33)10-16(15)24)28-20(31)18-17(9-12-3-6-14(23)7-4-12)29-30(2)19(18)22(25,26)27/h3-8,10-11H,9H2,1-2H3,(H,28,31)(H,32,33)/t11-/m0/s1. The molecule has 1 aromatic heterocycles. The molecule has 11 heteroatoms. The number of hydrogen-bond donors (Lipinski definition) is 2. The van der Waals surface area contributed by atoms with Crippen molar-refractivity contribution >= 4 is 23.5 Å². The number of aromatic nitrogens is 2. The van der Waals surface area contributed by atoms with E-state index in [1.165, 1.54) is 6.92 Å². The SMILES string of the molecule is C[C@H](NC(=O)c1c(Cc2ccc(Cl)cc2)nn(C)c1C(F)(F)F)c1ccc(C(=O)O)cc1F. The maximum atomic E-state index is 14.4. The number of aromatic carboxylic acids is 1. The summed E-state index contributed by atoms with van der Waals surface area (Å²) in [5, 5.41) is 15.7. The Balaban J connectivity index is 1.97. The smallest absolute Gasteiger partial charge is 0.433 e. The number of carbonyl (C=O) groups is 2. The van der Waals surface area contributed by atoms with E-state index in [-0.39, 0.29) is 23.2 Å². The summed E-state index contributed by atoms with van der Waals surface area (Å²) in [6.45, 7) is 1.37. The number of carboxylic acid groups (broad SMARTS) is 1. The third-order valence-corrected chi connectivity index (χ3v) is 5.21. The molecule has 0 unspecified atom stereocenters. The Bertz CT molecular complexity index is 1210. The van der Waals surface area contributed by atoms with Crippen LogP contribution in [0.5, 0.6) is 0 Å². The predicted molar refractivity (Wildman–Crippen MR) is 112 cm³/mol. The van der Waals surface area contributed by atoms with E-state index in [4.69, 9.17) is 16.7 Å². The number of carbonyl (C=O) groups excluding carboxylic acids is 1. The fourth-order valence-electron chi connectivity index (χ4n) is 3.42. The maximum Gasteiger partial charge on any atom is 0.433 e. The highest BCUT2D eigenvalue weighted by atomic mass is 35.5. The second kappa shape index (κ2) is 9.22. The molecule has 33 heavy (non-hydrogen) atoms. The lowest BCUT2D eigenvalue weighted by Crippen LogP contribution is -2.30. The minimum Gasteiger partial charge on any atom is -0.478 e. The Kier molecular flexibility index (Phi) is 6.78. The summed E-state index contributed by atoms with van der Waals surface area (Å²) in [6, 6.07) is 8.36. The van der Waals surface area contributed by atoms with Gasteiger partial charge in [0.1, 0.15) is 5.82 Å². The van der Waals surface area contributed by atoms with Crippen LogP contribution in [0.25, 0.3) is 0 Å². The third-order valence-electron chi connectivity index (χ3n) is 4.96. The number of benzene rings is 2. The van der Waals surface area contributed by atoms with Gasteiger partial charge in [0.15, 0.2) is 5.69 Å². The van der Waals surface area contributed by atoms with Gasteiger partial charge in [-0.25, -0.2) is 9.18 Å².